The normalized spacial score (nSPS) is 24.9. The highest BCUT2D eigenvalue weighted by Gasteiger charge is 2.51. The number of carbonyl (C=O) groups is 1. The van der Waals surface area contributed by atoms with Gasteiger partial charge in [0.1, 0.15) is 6.10 Å². The van der Waals surface area contributed by atoms with Gasteiger partial charge in [-0.3, -0.25) is 9.69 Å². The molecule has 1 atom stereocenters. The van der Waals surface area contributed by atoms with Crippen LogP contribution in [0.5, 0.6) is 0 Å². The number of hydrogen-bond donors (Lipinski definition) is 0. The summed E-state index contributed by atoms with van der Waals surface area (Å²) in [6, 6.07) is 8.71. The van der Waals surface area contributed by atoms with Crippen molar-refractivity contribution in [3.63, 3.8) is 0 Å². The van der Waals surface area contributed by atoms with Crippen molar-refractivity contribution in [1.29, 1.82) is 0 Å². The number of carbonyl (C=O) groups excluding carboxylic acids is 1. The molecular formula is C24H37N3O4S. The number of anilines is 1. The second kappa shape index (κ2) is 9.31. The third-order valence-corrected chi connectivity index (χ3v) is 8.82. The lowest BCUT2D eigenvalue weighted by Gasteiger charge is -2.37. The molecule has 178 valence electrons. The van der Waals surface area contributed by atoms with Crippen LogP contribution in [0, 0.1) is 5.41 Å². The van der Waals surface area contributed by atoms with E-state index in [0.717, 1.165) is 45.6 Å². The quantitative estimate of drug-likeness (QED) is 0.604. The van der Waals surface area contributed by atoms with Gasteiger partial charge in [-0.05, 0) is 36.8 Å². The Bertz CT molecular complexity index is 917. The first-order chi connectivity index (χ1) is 15.2. The minimum absolute atomic E-state index is 0.0491. The van der Waals surface area contributed by atoms with Crippen molar-refractivity contribution in [1.82, 2.24) is 9.21 Å². The highest BCUT2D eigenvalue weighted by molar-refractivity contribution is 7.88. The van der Waals surface area contributed by atoms with Gasteiger partial charge in [0.2, 0.25) is 10.0 Å². The van der Waals surface area contributed by atoms with Gasteiger partial charge in [0.15, 0.2) is 0 Å². The van der Waals surface area contributed by atoms with Gasteiger partial charge in [0.05, 0.1) is 11.7 Å². The van der Waals surface area contributed by atoms with Gasteiger partial charge in [-0.15, -0.1) is 0 Å². The predicted octanol–water partition coefficient (Wildman–Crippen LogP) is 2.68. The fourth-order valence-electron chi connectivity index (χ4n) is 5.45. The molecule has 1 aromatic rings. The van der Waals surface area contributed by atoms with Gasteiger partial charge in [-0.25, -0.2) is 12.7 Å². The van der Waals surface area contributed by atoms with Crippen LogP contribution in [0.3, 0.4) is 0 Å². The largest absolute Gasteiger partial charge is 0.462 e. The number of piperidine rings is 1. The van der Waals surface area contributed by atoms with Gasteiger partial charge >= 0.3 is 5.97 Å². The Kier molecular flexibility index (Phi) is 6.84. The van der Waals surface area contributed by atoms with Crippen molar-refractivity contribution < 1.29 is 17.9 Å². The molecular weight excluding hydrogens is 426 g/mol. The molecule has 3 aliphatic rings. The molecule has 0 radical (unpaired) electrons. The molecule has 0 aliphatic carbocycles. The van der Waals surface area contributed by atoms with Crippen molar-refractivity contribution in [2.75, 3.05) is 57.0 Å². The molecule has 3 heterocycles. The van der Waals surface area contributed by atoms with Crippen LogP contribution in [0.2, 0.25) is 0 Å². The number of cyclic esters (lactones) is 1. The van der Waals surface area contributed by atoms with E-state index < -0.39 is 15.4 Å². The number of nitrogens with zero attached hydrogens (tertiary/aromatic N) is 3. The average Bonchev–Trinajstić information content (AvgIpc) is 3.07. The second-order valence-corrected chi connectivity index (χ2v) is 12.0. The summed E-state index contributed by atoms with van der Waals surface area (Å²) < 4.78 is 30.8. The van der Waals surface area contributed by atoms with Gasteiger partial charge in [0, 0.05) is 57.9 Å². The molecule has 0 saturated carbocycles. The number of piperazine rings is 1. The summed E-state index contributed by atoms with van der Waals surface area (Å²) in [4.78, 5) is 17.6. The molecule has 0 N–H and O–H groups in total. The first-order valence-electron chi connectivity index (χ1n) is 11.9. The van der Waals surface area contributed by atoms with Crippen LogP contribution < -0.4 is 4.90 Å². The lowest BCUT2D eigenvalue weighted by molar-refractivity contribution is -0.150. The van der Waals surface area contributed by atoms with Crippen molar-refractivity contribution in [2.45, 2.75) is 51.6 Å². The molecule has 8 heteroatoms. The molecule has 3 saturated heterocycles. The maximum atomic E-state index is 12.6. The molecule has 1 aromatic carbocycles. The standard InChI is InChI=1S/C24H37N3O4S/c1-19(2)21-6-4-5-7-22(21)26-16-14-25(15-17-26)11-8-20-18-24(23(28)31-20)9-12-27(13-10-24)32(3,29)30/h4-7,19-20H,8-18H2,1-3H3. The fourth-order valence-corrected chi connectivity index (χ4v) is 6.30. The average molecular weight is 464 g/mol. The van der Waals surface area contributed by atoms with Crippen LogP contribution in [-0.4, -0.2) is 81.8 Å². The van der Waals surface area contributed by atoms with E-state index in [-0.39, 0.29) is 12.1 Å². The number of hydrogen-bond acceptors (Lipinski definition) is 6. The highest BCUT2D eigenvalue weighted by atomic mass is 32.2. The minimum atomic E-state index is -3.19. The Morgan fingerprint density at radius 3 is 2.34 bits per heavy atom. The number of para-hydroxylation sites is 1. The molecule has 7 nitrogen and oxygen atoms in total. The summed E-state index contributed by atoms with van der Waals surface area (Å²) in [5.41, 5.74) is 2.28. The van der Waals surface area contributed by atoms with E-state index in [1.54, 1.807) is 0 Å². The smallest absolute Gasteiger partial charge is 0.312 e. The zero-order valence-electron chi connectivity index (χ0n) is 19.6. The van der Waals surface area contributed by atoms with Crippen LogP contribution in [0.15, 0.2) is 24.3 Å². The molecule has 3 fully saturated rings. The Labute approximate surface area is 192 Å². The maximum Gasteiger partial charge on any atom is 0.312 e. The Balaban J connectivity index is 1.25. The Morgan fingerprint density at radius 2 is 1.72 bits per heavy atom. The summed E-state index contributed by atoms with van der Waals surface area (Å²) in [6.45, 7) is 10.3. The van der Waals surface area contributed by atoms with E-state index in [1.165, 1.54) is 21.8 Å². The summed E-state index contributed by atoms with van der Waals surface area (Å²) in [7, 11) is -3.19. The van der Waals surface area contributed by atoms with Crippen LogP contribution >= 0.6 is 0 Å². The number of benzene rings is 1. The predicted molar refractivity (Wildman–Crippen MR) is 126 cm³/mol. The van der Waals surface area contributed by atoms with E-state index in [0.29, 0.717) is 31.8 Å². The Morgan fingerprint density at radius 1 is 1.06 bits per heavy atom. The summed E-state index contributed by atoms with van der Waals surface area (Å²) >= 11 is 0. The number of sulfonamides is 1. The van der Waals surface area contributed by atoms with Gasteiger partial charge in [-0.1, -0.05) is 32.0 Å². The van der Waals surface area contributed by atoms with Crippen molar-refractivity contribution in [3.8, 4) is 0 Å². The minimum Gasteiger partial charge on any atom is -0.462 e. The van der Waals surface area contributed by atoms with Crippen molar-refractivity contribution >= 4 is 21.7 Å². The van der Waals surface area contributed by atoms with Gasteiger partial charge < -0.3 is 9.64 Å². The highest BCUT2D eigenvalue weighted by Crippen LogP contribution is 2.44. The van der Waals surface area contributed by atoms with E-state index in [2.05, 4.69) is 47.9 Å². The van der Waals surface area contributed by atoms with Crippen LogP contribution in [0.25, 0.3) is 0 Å². The van der Waals surface area contributed by atoms with Crippen molar-refractivity contribution in [3.05, 3.63) is 29.8 Å². The lowest BCUT2D eigenvalue weighted by atomic mass is 9.76. The molecule has 32 heavy (non-hydrogen) atoms. The monoisotopic (exact) mass is 463 g/mol. The molecule has 0 bridgehead atoms. The summed E-state index contributed by atoms with van der Waals surface area (Å²) in [5, 5.41) is 0. The first kappa shape index (κ1) is 23.5. The van der Waals surface area contributed by atoms with Crippen molar-refractivity contribution in [2.24, 2.45) is 5.41 Å². The van der Waals surface area contributed by atoms with E-state index in [4.69, 9.17) is 4.74 Å². The van der Waals surface area contributed by atoms with Crippen LogP contribution in [0.1, 0.15) is 51.0 Å². The number of esters is 1. The Hall–Kier alpha value is -1.64. The summed E-state index contributed by atoms with van der Waals surface area (Å²) in [6.07, 6.45) is 3.91. The van der Waals surface area contributed by atoms with Crippen LogP contribution in [0.4, 0.5) is 5.69 Å². The van der Waals surface area contributed by atoms with Gasteiger partial charge in [-0.2, -0.15) is 0 Å². The number of ether oxygens (including phenoxy) is 1. The fraction of sp³-hybridized carbons (Fsp3) is 0.708. The third kappa shape index (κ3) is 4.97. The zero-order chi connectivity index (χ0) is 22.9. The summed E-state index contributed by atoms with van der Waals surface area (Å²) in [5.74, 6) is 0.392. The maximum absolute atomic E-state index is 12.6. The van der Waals surface area contributed by atoms with E-state index in [9.17, 15) is 13.2 Å². The molecule has 0 aromatic heterocycles. The molecule has 0 amide bonds. The van der Waals surface area contributed by atoms with Crippen LogP contribution in [-0.2, 0) is 19.6 Å². The van der Waals surface area contributed by atoms with E-state index in [1.807, 2.05) is 0 Å². The molecule has 4 rings (SSSR count). The molecule has 3 aliphatic heterocycles. The third-order valence-electron chi connectivity index (χ3n) is 7.51. The SMILES string of the molecule is CC(C)c1ccccc1N1CCN(CCC2CC3(CCN(S(C)(=O)=O)CC3)C(=O)O2)CC1. The molecule has 1 unspecified atom stereocenters. The molecule has 1 spiro atoms. The first-order valence-corrected chi connectivity index (χ1v) is 13.8. The second-order valence-electron chi connectivity index (χ2n) is 10.0. The topological polar surface area (TPSA) is 70.2 Å². The zero-order valence-corrected chi connectivity index (χ0v) is 20.4. The van der Waals surface area contributed by atoms with Gasteiger partial charge in [0.25, 0.3) is 0 Å². The van der Waals surface area contributed by atoms with E-state index >= 15 is 0 Å². The lowest BCUT2D eigenvalue weighted by Crippen LogP contribution is -2.47. The number of rotatable bonds is 6.